The van der Waals surface area contributed by atoms with Crippen LogP contribution in [0.15, 0.2) is 12.4 Å². The second kappa shape index (κ2) is 6.45. The zero-order valence-corrected chi connectivity index (χ0v) is 11.7. The first-order chi connectivity index (χ1) is 8.35. The molecule has 0 spiro atoms. The molecule has 1 saturated heterocycles. The summed E-state index contributed by atoms with van der Waals surface area (Å²) in [7, 11) is 0. The van der Waals surface area contributed by atoms with E-state index in [0.717, 1.165) is 25.4 Å². The molecule has 0 amide bonds. The van der Waals surface area contributed by atoms with Gasteiger partial charge in [0.15, 0.2) is 0 Å². The molecule has 0 aromatic carbocycles. The summed E-state index contributed by atoms with van der Waals surface area (Å²) in [5, 5.41) is 8.08. The Morgan fingerprint density at radius 2 is 2.47 bits per heavy atom. The summed E-state index contributed by atoms with van der Waals surface area (Å²) in [6.07, 6.45) is 6.75. The molecule has 0 saturated carbocycles. The molecule has 4 heteroatoms. The average molecular weight is 253 g/mol. The molecule has 1 aliphatic rings. The molecule has 1 aliphatic heterocycles. The van der Waals surface area contributed by atoms with Crippen LogP contribution in [0.2, 0.25) is 0 Å². The van der Waals surface area contributed by atoms with Crippen molar-refractivity contribution >= 4 is 11.8 Å². The first-order valence-electron chi connectivity index (χ1n) is 6.68. The maximum Gasteiger partial charge on any atom is 0.0537 e. The number of rotatable bonds is 6. The van der Waals surface area contributed by atoms with Crippen LogP contribution in [0.4, 0.5) is 0 Å². The van der Waals surface area contributed by atoms with Gasteiger partial charge in [0, 0.05) is 24.3 Å². The third kappa shape index (κ3) is 3.26. The molecule has 3 nitrogen and oxygen atoms in total. The molecular formula is C13H23N3S. The zero-order chi connectivity index (χ0) is 12.1. The fourth-order valence-electron chi connectivity index (χ4n) is 2.48. The van der Waals surface area contributed by atoms with E-state index in [4.69, 9.17) is 0 Å². The first-order valence-corrected chi connectivity index (χ1v) is 7.84. The van der Waals surface area contributed by atoms with E-state index in [9.17, 15) is 0 Å². The van der Waals surface area contributed by atoms with Crippen LogP contribution >= 0.6 is 11.8 Å². The number of aromatic nitrogens is 2. The van der Waals surface area contributed by atoms with Crippen molar-refractivity contribution in [2.24, 2.45) is 5.92 Å². The lowest BCUT2D eigenvalue weighted by Gasteiger charge is -2.22. The number of aryl methyl sites for hydroxylation is 1. The van der Waals surface area contributed by atoms with Crippen molar-refractivity contribution in [1.29, 1.82) is 0 Å². The van der Waals surface area contributed by atoms with Gasteiger partial charge in [-0.1, -0.05) is 13.8 Å². The molecule has 17 heavy (non-hydrogen) atoms. The average Bonchev–Trinajstić information content (AvgIpc) is 2.97. The molecule has 2 heterocycles. The van der Waals surface area contributed by atoms with Gasteiger partial charge >= 0.3 is 0 Å². The molecule has 96 valence electrons. The summed E-state index contributed by atoms with van der Waals surface area (Å²) < 4.78 is 2.07. The van der Waals surface area contributed by atoms with Crippen LogP contribution in [0, 0.1) is 5.92 Å². The predicted molar refractivity (Wildman–Crippen MR) is 74.4 cm³/mol. The Morgan fingerprint density at radius 1 is 1.59 bits per heavy atom. The first kappa shape index (κ1) is 13.0. The van der Waals surface area contributed by atoms with Crippen molar-refractivity contribution in [2.45, 2.75) is 39.3 Å². The van der Waals surface area contributed by atoms with E-state index in [0.29, 0.717) is 6.04 Å². The fourth-order valence-corrected chi connectivity index (χ4v) is 3.78. The van der Waals surface area contributed by atoms with Crippen molar-refractivity contribution in [3.8, 4) is 0 Å². The number of thioether (sulfide) groups is 1. The normalized spacial score (nSPS) is 21.9. The molecule has 1 N–H and O–H groups in total. The van der Waals surface area contributed by atoms with Crippen molar-refractivity contribution in [1.82, 2.24) is 15.1 Å². The second-order valence-corrected chi connectivity index (χ2v) is 5.85. The SMILES string of the molecule is CCCn1cc(C(NCC)C2CCSC2)cn1. The number of hydrogen-bond acceptors (Lipinski definition) is 3. The lowest BCUT2D eigenvalue weighted by Crippen LogP contribution is -2.28. The van der Waals surface area contributed by atoms with E-state index in [1.54, 1.807) is 0 Å². The van der Waals surface area contributed by atoms with Crippen molar-refractivity contribution < 1.29 is 0 Å². The van der Waals surface area contributed by atoms with E-state index in [1.807, 2.05) is 6.20 Å². The van der Waals surface area contributed by atoms with E-state index in [-0.39, 0.29) is 0 Å². The minimum absolute atomic E-state index is 0.501. The summed E-state index contributed by atoms with van der Waals surface area (Å²) in [5.41, 5.74) is 1.37. The molecular weight excluding hydrogens is 230 g/mol. The van der Waals surface area contributed by atoms with E-state index < -0.39 is 0 Å². The van der Waals surface area contributed by atoms with Gasteiger partial charge in [0.1, 0.15) is 0 Å². The van der Waals surface area contributed by atoms with Crippen molar-refractivity contribution in [2.75, 3.05) is 18.1 Å². The summed E-state index contributed by atoms with van der Waals surface area (Å²) in [6, 6.07) is 0.501. The summed E-state index contributed by atoms with van der Waals surface area (Å²) in [5.74, 6) is 3.38. The smallest absolute Gasteiger partial charge is 0.0537 e. The maximum atomic E-state index is 4.45. The van der Waals surface area contributed by atoms with Crippen LogP contribution < -0.4 is 5.32 Å². The van der Waals surface area contributed by atoms with Gasteiger partial charge in [0.25, 0.3) is 0 Å². The van der Waals surface area contributed by atoms with Gasteiger partial charge in [-0.3, -0.25) is 4.68 Å². The molecule has 0 aliphatic carbocycles. The van der Waals surface area contributed by atoms with E-state index in [2.05, 4.69) is 46.9 Å². The Morgan fingerprint density at radius 3 is 3.12 bits per heavy atom. The molecule has 2 unspecified atom stereocenters. The van der Waals surface area contributed by atoms with Gasteiger partial charge in [0.05, 0.1) is 6.20 Å². The number of nitrogens with zero attached hydrogens (tertiary/aromatic N) is 2. The van der Waals surface area contributed by atoms with Crippen LogP contribution in [0.5, 0.6) is 0 Å². The predicted octanol–water partition coefficient (Wildman–Crippen LogP) is 2.70. The van der Waals surface area contributed by atoms with Gasteiger partial charge in [-0.05, 0) is 36.8 Å². The van der Waals surface area contributed by atoms with Crippen LogP contribution in [-0.2, 0) is 6.54 Å². The topological polar surface area (TPSA) is 29.9 Å². The van der Waals surface area contributed by atoms with Gasteiger partial charge in [0.2, 0.25) is 0 Å². The Labute approximate surface area is 108 Å². The summed E-state index contributed by atoms with van der Waals surface area (Å²) in [6.45, 7) is 6.44. The van der Waals surface area contributed by atoms with Crippen molar-refractivity contribution in [3.63, 3.8) is 0 Å². The Kier molecular flexibility index (Phi) is 4.92. The highest BCUT2D eigenvalue weighted by Gasteiger charge is 2.26. The quantitative estimate of drug-likeness (QED) is 0.845. The molecule has 1 aromatic heterocycles. The third-order valence-corrected chi connectivity index (χ3v) is 4.51. The Balaban J connectivity index is 2.07. The molecule has 0 bridgehead atoms. The van der Waals surface area contributed by atoms with E-state index >= 15 is 0 Å². The molecule has 1 fully saturated rings. The van der Waals surface area contributed by atoms with Crippen LogP contribution in [-0.4, -0.2) is 27.8 Å². The zero-order valence-electron chi connectivity index (χ0n) is 10.9. The monoisotopic (exact) mass is 253 g/mol. The number of hydrogen-bond donors (Lipinski definition) is 1. The van der Waals surface area contributed by atoms with Crippen LogP contribution in [0.25, 0.3) is 0 Å². The maximum absolute atomic E-state index is 4.45. The summed E-state index contributed by atoms with van der Waals surface area (Å²) in [4.78, 5) is 0. The largest absolute Gasteiger partial charge is 0.310 e. The Hall–Kier alpha value is -0.480. The van der Waals surface area contributed by atoms with E-state index in [1.165, 1.54) is 23.5 Å². The lowest BCUT2D eigenvalue weighted by molar-refractivity contribution is 0.401. The highest BCUT2D eigenvalue weighted by molar-refractivity contribution is 7.99. The van der Waals surface area contributed by atoms with Gasteiger partial charge in [-0.25, -0.2) is 0 Å². The molecule has 0 radical (unpaired) electrons. The second-order valence-electron chi connectivity index (χ2n) is 4.70. The highest BCUT2D eigenvalue weighted by Crippen LogP contribution is 2.33. The standard InChI is InChI=1S/C13H23N3S/c1-3-6-16-9-12(8-15-16)13(14-4-2)11-5-7-17-10-11/h8-9,11,13-14H,3-7,10H2,1-2H3. The van der Waals surface area contributed by atoms with Crippen LogP contribution in [0.1, 0.15) is 38.3 Å². The molecule has 2 rings (SSSR count). The van der Waals surface area contributed by atoms with Gasteiger partial charge < -0.3 is 5.32 Å². The fraction of sp³-hybridized carbons (Fsp3) is 0.769. The van der Waals surface area contributed by atoms with Crippen molar-refractivity contribution in [3.05, 3.63) is 18.0 Å². The minimum Gasteiger partial charge on any atom is -0.310 e. The highest BCUT2D eigenvalue weighted by atomic mass is 32.2. The summed E-state index contributed by atoms with van der Waals surface area (Å²) >= 11 is 2.08. The third-order valence-electron chi connectivity index (χ3n) is 3.33. The minimum atomic E-state index is 0.501. The Bertz CT molecular complexity index is 331. The molecule has 1 aromatic rings. The van der Waals surface area contributed by atoms with Crippen LogP contribution in [0.3, 0.4) is 0 Å². The molecule has 2 atom stereocenters. The van der Waals surface area contributed by atoms with Gasteiger partial charge in [-0.2, -0.15) is 16.9 Å². The number of nitrogens with one attached hydrogen (secondary N) is 1. The van der Waals surface area contributed by atoms with Gasteiger partial charge in [-0.15, -0.1) is 0 Å². The lowest BCUT2D eigenvalue weighted by atomic mass is 9.94.